The van der Waals surface area contributed by atoms with Gasteiger partial charge in [-0.05, 0) is 24.4 Å². The molecule has 0 aromatic carbocycles. The summed E-state index contributed by atoms with van der Waals surface area (Å²) >= 11 is 5.89. The van der Waals surface area contributed by atoms with E-state index in [-0.39, 0.29) is 5.28 Å². The maximum atomic E-state index is 5.89. The Balaban J connectivity index is 2.41. The Hall–Kier alpha value is -1.10. The molecule has 0 aliphatic carbocycles. The van der Waals surface area contributed by atoms with Crippen LogP contribution in [0.2, 0.25) is 5.28 Å². The third kappa shape index (κ3) is 7.15. The highest BCUT2D eigenvalue weighted by Gasteiger charge is 2.03. The van der Waals surface area contributed by atoms with E-state index in [1.165, 1.54) is 25.7 Å². The minimum absolute atomic E-state index is 0.228. The van der Waals surface area contributed by atoms with E-state index in [1.807, 2.05) is 0 Å². The van der Waals surface area contributed by atoms with Crippen LogP contribution in [-0.2, 0) is 0 Å². The van der Waals surface area contributed by atoms with Gasteiger partial charge in [-0.15, -0.1) is 0 Å². The van der Waals surface area contributed by atoms with E-state index < -0.39 is 0 Å². The lowest BCUT2D eigenvalue weighted by atomic mass is 10.2. The fraction of sp³-hybridized carbons (Fsp3) is 0.769. The summed E-state index contributed by atoms with van der Waals surface area (Å²) in [6.07, 6.45) is 7.02. The van der Waals surface area contributed by atoms with Gasteiger partial charge < -0.3 is 10.6 Å². The summed E-state index contributed by atoms with van der Waals surface area (Å²) < 4.78 is 0. The first kappa shape index (κ1) is 16.0. The van der Waals surface area contributed by atoms with Gasteiger partial charge >= 0.3 is 0 Å². The van der Waals surface area contributed by atoms with Gasteiger partial charge in [0.05, 0.1) is 0 Å². The summed E-state index contributed by atoms with van der Waals surface area (Å²) in [7, 11) is 0. The molecule has 0 saturated carbocycles. The first-order valence-electron chi connectivity index (χ1n) is 7.15. The van der Waals surface area contributed by atoms with Crippen molar-refractivity contribution in [3.63, 3.8) is 0 Å². The van der Waals surface area contributed by atoms with Crippen molar-refractivity contribution in [2.75, 3.05) is 23.7 Å². The number of hydrogen-bond donors (Lipinski definition) is 2. The summed E-state index contributed by atoms with van der Waals surface area (Å²) in [5, 5.41) is 6.58. The lowest BCUT2D eigenvalue weighted by Gasteiger charge is -2.08. The van der Waals surface area contributed by atoms with Gasteiger partial charge in [-0.25, -0.2) is 0 Å². The molecule has 1 heterocycles. The van der Waals surface area contributed by atoms with Crippen LogP contribution in [0, 0.1) is 0 Å². The number of anilines is 2. The topological polar surface area (TPSA) is 62.7 Å². The van der Waals surface area contributed by atoms with E-state index in [2.05, 4.69) is 39.4 Å². The summed E-state index contributed by atoms with van der Waals surface area (Å²) in [6.45, 7) is 6.09. The van der Waals surface area contributed by atoms with Crippen LogP contribution in [0.15, 0.2) is 0 Å². The zero-order valence-electron chi connectivity index (χ0n) is 11.9. The lowest BCUT2D eigenvalue weighted by Crippen LogP contribution is -2.11. The number of halogens is 1. The van der Waals surface area contributed by atoms with Gasteiger partial charge in [-0.3, -0.25) is 0 Å². The molecule has 0 fully saturated rings. The van der Waals surface area contributed by atoms with Crippen LogP contribution >= 0.6 is 11.6 Å². The smallest absolute Gasteiger partial charge is 0.228 e. The molecule has 0 spiro atoms. The number of rotatable bonds is 10. The summed E-state index contributed by atoms with van der Waals surface area (Å²) in [5.74, 6) is 1.10. The Morgan fingerprint density at radius 2 is 1.26 bits per heavy atom. The quantitative estimate of drug-likeness (QED) is 0.641. The van der Waals surface area contributed by atoms with Crippen molar-refractivity contribution in [2.45, 2.75) is 52.4 Å². The largest absolute Gasteiger partial charge is 0.354 e. The summed E-state index contributed by atoms with van der Waals surface area (Å²) in [5.41, 5.74) is 0. The van der Waals surface area contributed by atoms with Crippen molar-refractivity contribution >= 4 is 23.5 Å². The van der Waals surface area contributed by atoms with Crippen LogP contribution in [0.25, 0.3) is 0 Å². The van der Waals surface area contributed by atoms with Crippen molar-refractivity contribution < 1.29 is 0 Å². The molecule has 108 valence electrons. The van der Waals surface area contributed by atoms with Gasteiger partial charge in [0.1, 0.15) is 0 Å². The van der Waals surface area contributed by atoms with Crippen LogP contribution in [0.3, 0.4) is 0 Å². The molecular weight excluding hydrogens is 262 g/mol. The fourth-order valence-corrected chi connectivity index (χ4v) is 1.82. The average Bonchev–Trinajstić information content (AvgIpc) is 2.39. The van der Waals surface area contributed by atoms with E-state index in [9.17, 15) is 0 Å². The molecule has 0 amide bonds. The number of nitrogens with zero attached hydrogens (tertiary/aromatic N) is 3. The molecule has 19 heavy (non-hydrogen) atoms. The SMILES string of the molecule is CCCCCNc1nc(Cl)nc(NCCCCC)n1. The highest BCUT2D eigenvalue weighted by atomic mass is 35.5. The van der Waals surface area contributed by atoms with E-state index in [0.717, 1.165) is 25.9 Å². The van der Waals surface area contributed by atoms with Crippen LogP contribution in [-0.4, -0.2) is 28.0 Å². The third-order valence-corrected chi connectivity index (χ3v) is 2.90. The molecule has 1 aromatic heterocycles. The van der Waals surface area contributed by atoms with Crippen LogP contribution in [0.4, 0.5) is 11.9 Å². The average molecular weight is 286 g/mol. The molecule has 1 aromatic rings. The Morgan fingerprint density at radius 1 is 0.789 bits per heavy atom. The van der Waals surface area contributed by atoms with E-state index in [0.29, 0.717) is 11.9 Å². The zero-order chi connectivity index (χ0) is 13.9. The van der Waals surface area contributed by atoms with Crippen molar-refractivity contribution in [1.29, 1.82) is 0 Å². The van der Waals surface area contributed by atoms with Crippen molar-refractivity contribution in [3.05, 3.63) is 5.28 Å². The molecule has 5 nitrogen and oxygen atoms in total. The zero-order valence-corrected chi connectivity index (χ0v) is 12.6. The normalized spacial score (nSPS) is 10.5. The van der Waals surface area contributed by atoms with Crippen molar-refractivity contribution in [1.82, 2.24) is 15.0 Å². The third-order valence-electron chi connectivity index (χ3n) is 2.74. The number of aromatic nitrogens is 3. The van der Waals surface area contributed by atoms with E-state index >= 15 is 0 Å². The molecule has 0 atom stereocenters. The van der Waals surface area contributed by atoms with Gasteiger partial charge in [0.25, 0.3) is 0 Å². The molecule has 2 N–H and O–H groups in total. The van der Waals surface area contributed by atoms with Gasteiger partial charge in [0, 0.05) is 13.1 Å². The van der Waals surface area contributed by atoms with Crippen LogP contribution < -0.4 is 10.6 Å². The highest BCUT2D eigenvalue weighted by Crippen LogP contribution is 2.10. The minimum atomic E-state index is 0.228. The number of hydrogen-bond acceptors (Lipinski definition) is 5. The molecule has 0 saturated heterocycles. The van der Waals surface area contributed by atoms with Crippen molar-refractivity contribution in [3.8, 4) is 0 Å². The van der Waals surface area contributed by atoms with Crippen LogP contribution in [0.1, 0.15) is 52.4 Å². The summed E-state index contributed by atoms with van der Waals surface area (Å²) in [6, 6.07) is 0. The van der Waals surface area contributed by atoms with Gasteiger partial charge in [-0.2, -0.15) is 15.0 Å². The van der Waals surface area contributed by atoms with Crippen molar-refractivity contribution in [2.24, 2.45) is 0 Å². The van der Waals surface area contributed by atoms with Gasteiger partial charge in [-0.1, -0.05) is 39.5 Å². The monoisotopic (exact) mass is 285 g/mol. The second-order valence-electron chi connectivity index (χ2n) is 4.52. The first-order chi connectivity index (χ1) is 9.26. The maximum absolute atomic E-state index is 5.89. The first-order valence-corrected chi connectivity index (χ1v) is 7.53. The number of nitrogens with one attached hydrogen (secondary N) is 2. The van der Waals surface area contributed by atoms with Crippen LogP contribution in [0.5, 0.6) is 0 Å². The molecule has 0 aliphatic heterocycles. The predicted molar refractivity (Wildman–Crippen MR) is 80.9 cm³/mol. The molecular formula is C13H24ClN5. The predicted octanol–water partition coefficient (Wildman–Crippen LogP) is 3.73. The van der Waals surface area contributed by atoms with E-state index in [4.69, 9.17) is 11.6 Å². The van der Waals surface area contributed by atoms with Gasteiger partial charge in [0.15, 0.2) is 0 Å². The number of unbranched alkanes of at least 4 members (excludes halogenated alkanes) is 4. The molecule has 0 unspecified atom stereocenters. The highest BCUT2D eigenvalue weighted by molar-refractivity contribution is 6.28. The van der Waals surface area contributed by atoms with Gasteiger partial charge in [0.2, 0.25) is 17.2 Å². The maximum Gasteiger partial charge on any atom is 0.228 e. The molecule has 0 bridgehead atoms. The molecule has 6 heteroatoms. The summed E-state index contributed by atoms with van der Waals surface area (Å²) in [4.78, 5) is 12.4. The second-order valence-corrected chi connectivity index (χ2v) is 4.86. The second kappa shape index (κ2) is 9.78. The molecule has 1 rings (SSSR count). The Labute approximate surface area is 120 Å². The molecule has 0 aliphatic rings. The Bertz CT molecular complexity index is 329. The minimum Gasteiger partial charge on any atom is -0.354 e. The standard InChI is InChI=1S/C13H24ClN5/c1-3-5-7-9-15-12-17-11(14)18-13(19-12)16-10-8-6-4-2/h3-10H2,1-2H3,(H2,15,16,17,18,19). The molecule has 0 radical (unpaired) electrons. The lowest BCUT2D eigenvalue weighted by molar-refractivity contribution is 0.735. The Kier molecular flexibility index (Phi) is 8.21. The fourth-order valence-electron chi connectivity index (χ4n) is 1.66. The van der Waals surface area contributed by atoms with E-state index in [1.54, 1.807) is 0 Å². The Morgan fingerprint density at radius 3 is 1.68 bits per heavy atom.